The van der Waals surface area contributed by atoms with Crippen molar-refractivity contribution in [1.82, 2.24) is 14.4 Å². The van der Waals surface area contributed by atoms with E-state index in [1.165, 1.54) is 4.90 Å². The van der Waals surface area contributed by atoms with Gasteiger partial charge in [0.2, 0.25) is 0 Å². The zero-order chi connectivity index (χ0) is 26.4. The largest absolute Gasteiger partial charge is 0.495 e. The van der Waals surface area contributed by atoms with Gasteiger partial charge in [0.1, 0.15) is 22.8 Å². The third kappa shape index (κ3) is 6.98. The second-order valence-corrected chi connectivity index (χ2v) is 10.5. The fraction of sp³-hybridized carbons (Fsp3) is 0.321. The van der Waals surface area contributed by atoms with Gasteiger partial charge in [-0.3, -0.25) is 4.90 Å². The Bertz CT molecular complexity index is 1330. The molecule has 0 bridgehead atoms. The van der Waals surface area contributed by atoms with Gasteiger partial charge in [0.05, 0.1) is 38.8 Å². The highest BCUT2D eigenvalue weighted by atomic mass is 127. The number of methoxy groups -OCH3 is 1. The Balaban J connectivity index is 1.51. The molecule has 194 valence electrons. The molecule has 9 heteroatoms. The number of hydrogen-bond acceptors (Lipinski definition) is 6. The van der Waals surface area contributed by atoms with Crippen LogP contribution in [0.2, 0.25) is 0 Å². The van der Waals surface area contributed by atoms with Crippen LogP contribution in [0.25, 0.3) is 28.0 Å². The Morgan fingerprint density at radius 2 is 1.70 bits per heavy atom. The van der Waals surface area contributed by atoms with E-state index in [0.29, 0.717) is 25.6 Å². The number of nitrogens with zero attached hydrogens (tertiary/aromatic N) is 4. The highest BCUT2D eigenvalue weighted by Gasteiger charge is 2.24. The van der Waals surface area contributed by atoms with Gasteiger partial charge in [0.15, 0.2) is 0 Å². The molecule has 4 aromatic rings. The summed E-state index contributed by atoms with van der Waals surface area (Å²) in [5.41, 5.74) is 4.11. The molecule has 3 heterocycles. The van der Waals surface area contributed by atoms with Crippen molar-refractivity contribution in [3.8, 4) is 28.1 Å². The summed E-state index contributed by atoms with van der Waals surface area (Å²) in [7, 11) is 1.65. The van der Waals surface area contributed by atoms with Crippen LogP contribution >= 0.6 is 22.6 Å². The molecule has 0 spiro atoms. The number of ether oxygens (including phenoxy) is 3. The van der Waals surface area contributed by atoms with Gasteiger partial charge in [-0.1, -0.05) is 46.9 Å². The molecule has 0 saturated carbocycles. The number of carbonyl (C=O) groups excluding carboxylic acids is 1. The van der Waals surface area contributed by atoms with Gasteiger partial charge in [-0.25, -0.2) is 14.8 Å². The number of rotatable bonds is 9. The van der Waals surface area contributed by atoms with Crippen LogP contribution in [0.3, 0.4) is 0 Å². The Morgan fingerprint density at radius 3 is 2.35 bits per heavy atom. The summed E-state index contributed by atoms with van der Waals surface area (Å²) in [5, 5.41) is 0. The number of alkyl halides is 1. The maximum absolute atomic E-state index is 12.8. The number of anilines is 1. The number of carbonyl (C=O) groups is 1. The zero-order valence-corrected chi connectivity index (χ0v) is 23.6. The lowest BCUT2D eigenvalue weighted by Crippen LogP contribution is -2.39. The predicted molar refractivity (Wildman–Crippen MR) is 154 cm³/mol. The molecule has 0 fully saturated rings. The second-order valence-electron chi connectivity index (χ2n) is 9.38. The molecule has 37 heavy (non-hydrogen) atoms. The summed E-state index contributed by atoms with van der Waals surface area (Å²) >= 11 is 2.26. The minimum absolute atomic E-state index is 0.359. The fourth-order valence-electron chi connectivity index (χ4n) is 3.71. The van der Waals surface area contributed by atoms with Crippen molar-refractivity contribution < 1.29 is 19.0 Å². The minimum atomic E-state index is -0.604. The Hall–Kier alpha value is -3.18. The van der Waals surface area contributed by atoms with Crippen molar-refractivity contribution in [2.45, 2.75) is 26.4 Å². The zero-order valence-electron chi connectivity index (χ0n) is 21.5. The van der Waals surface area contributed by atoms with E-state index in [-0.39, 0.29) is 0 Å². The monoisotopic (exact) mass is 614 g/mol. The van der Waals surface area contributed by atoms with Gasteiger partial charge in [-0.05, 0) is 50.6 Å². The van der Waals surface area contributed by atoms with E-state index in [9.17, 15) is 4.79 Å². The number of imidazole rings is 1. The summed E-state index contributed by atoms with van der Waals surface area (Å²) in [6.45, 7) is 6.94. The number of pyridine rings is 2. The minimum Gasteiger partial charge on any atom is -0.495 e. The van der Waals surface area contributed by atoms with E-state index in [2.05, 4.69) is 27.6 Å². The number of benzene rings is 1. The number of fused-ring (bicyclic) bond motifs is 1. The van der Waals surface area contributed by atoms with Crippen LogP contribution in [0.5, 0.6) is 5.75 Å². The van der Waals surface area contributed by atoms with Crippen molar-refractivity contribution in [2.75, 3.05) is 36.2 Å². The first-order valence-electron chi connectivity index (χ1n) is 12.0. The van der Waals surface area contributed by atoms with Gasteiger partial charge < -0.3 is 18.6 Å². The molecule has 0 saturated heterocycles. The van der Waals surface area contributed by atoms with Gasteiger partial charge >= 0.3 is 6.09 Å². The first-order valence-corrected chi connectivity index (χ1v) is 13.5. The summed E-state index contributed by atoms with van der Waals surface area (Å²) < 4.78 is 19.3. The highest BCUT2D eigenvalue weighted by molar-refractivity contribution is 14.1. The van der Waals surface area contributed by atoms with E-state index >= 15 is 0 Å². The van der Waals surface area contributed by atoms with Crippen LogP contribution in [-0.2, 0) is 9.47 Å². The van der Waals surface area contributed by atoms with Gasteiger partial charge in [0.25, 0.3) is 0 Å². The molecule has 0 N–H and O–H groups in total. The van der Waals surface area contributed by atoms with Gasteiger partial charge in [-0.2, -0.15) is 0 Å². The number of aromatic nitrogens is 3. The number of amides is 1. The van der Waals surface area contributed by atoms with Crippen molar-refractivity contribution >= 4 is 40.1 Å². The average molecular weight is 614 g/mol. The van der Waals surface area contributed by atoms with Crippen LogP contribution in [0.15, 0.2) is 67.1 Å². The third-order valence-electron chi connectivity index (χ3n) is 5.49. The average Bonchev–Trinajstić information content (AvgIpc) is 3.31. The summed E-state index contributed by atoms with van der Waals surface area (Å²) in [4.78, 5) is 23.6. The van der Waals surface area contributed by atoms with Crippen LogP contribution in [0.1, 0.15) is 20.8 Å². The molecule has 0 aliphatic rings. The van der Waals surface area contributed by atoms with E-state index in [1.54, 1.807) is 13.3 Å². The number of halogens is 1. The molecule has 1 aromatic carbocycles. The lowest BCUT2D eigenvalue weighted by Gasteiger charge is -2.26. The summed E-state index contributed by atoms with van der Waals surface area (Å²) in [6.07, 6.45) is 5.21. The highest BCUT2D eigenvalue weighted by Crippen LogP contribution is 2.26. The Labute approximate surface area is 230 Å². The molecule has 0 aliphatic carbocycles. The SMILES string of the molecule is COc1ccc2nc(-c3ccc(-c4ccc(N(CCOCCI)C(=O)OC(C)(C)C)nc4)cc3)cn2c1. The topological polar surface area (TPSA) is 78.2 Å². The van der Waals surface area contributed by atoms with E-state index in [0.717, 1.165) is 38.2 Å². The maximum atomic E-state index is 12.8. The molecule has 3 aromatic heterocycles. The second kappa shape index (κ2) is 11.9. The Kier molecular flexibility index (Phi) is 8.65. The molecule has 0 unspecified atom stereocenters. The lowest BCUT2D eigenvalue weighted by molar-refractivity contribution is 0.0562. The molecule has 0 radical (unpaired) electrons. The normalized spacial score (nSPS) is 11.5. The van der Waals surface area contributed by atoms with Crippen LogP contribution < -0.4 is 9.64 Å². The third-order valence-corrected chi connectivity index (χ3v) is 5.93. The summed E-state index contributed by atoms with van der Waals surface area (Å²) in [5.74, 6) is 1.30. The molecular formula is C28H31IN4O4. The van der Waals surface area contributed by atoms with Crippen molar-refractivity contribution in [3.05, 3.63) is 67.1 Å². The standard InChI is InChI=1S/C28H31IN4O4/c1-28(2,3)37-27(34)33(14-16-36-15-13-29)25-11-9-22(17-30-25)20-5-7-21(8-6-20)24-19-32-18-23(35-4)10-12-26(32)31-24/h5-12,17-19H,13-16H2,1-4H3. The van der Waals surface area contributed by atoms with Gasteiger partial charge in [0, 0.05) is 27.9 Å². The van der Waals surface area contributed by atoms with Crippen molar-refractivity contribution in [1.29, 1.82) is 0 Å². The van der Waals surface area contributed by atoms with Crippen molar-refractivity contribution in [3.63, 3.8) is 0 Å². The Morgan fingerprint density at radius 1 is 0.973 bits per heavy atom. The van der Waals surface area contributed by atoms with E-state index in [1.807, 2.05) is 86.1 Å². The van der Waals surface area contributed by atoms with Crippen molar-refractivity contribution in [2.24, 2.45) is 0 Å². The van der Waals surface area contributed by atoms with Crippen LogP contribution in [0, 0.1) is 0 Å². The molecular weight excluding hydrogens is 583 g/mol. The van der Waals surface area contributed by atoms with E-state index < -0.39 is 11.7 Å². The smallest absolute Gasteiger partial charge is 0.416 e. The van der Waals surface area contributed by atoms with Crippen LogP contribution in [-0.4, -0.2) is 57.4 Å². The summed E-state index contributed by atoms with van der Waals surface area (Å²) in [6, 6.07) is 15.8. The van der Waals surface area contributed by atoms with Gasteiger partial charge in [-0.15, -0.1) is 0 Å². The quantitative estimate of drug-likeness (QED) is 0.126. The molecule has 0 atom stereocenters. The molecule has 4 rings (SSSR count). The first-order chi connectivity index (χ1) is 17.8. The first kappa shape index (κ1) is 26.9. The maximum Gasteiger partial charge on any atom is 0.416 e. The van der Waals surface area contributed by atoms with Crippen LogP contribution in [0.4, 0.5) is 10.6 Å². The predicted octanol–water partition coefficient (Wildman–Crippen LogP) is 6.27. The number of hydrogen-bond donors (Lipinski definition) is 0. The van der Waals surface area contributed by atoms with E-state index in [4.69, 9.17) is 19.2 Å². The fourth-order valence-corrected chi connectivity index (χ4v) is 4.02. The lowest BCUT2D eigenvalue weighted by atomic mass is 10.0. The molecule has 1 amide bonds. The molecule has 0 aliphatic heterocycles. The molecule has 8 nitrogen and oxygen atoms in total.